The monoisotopic (exact) mass is 331 g/mol. The van der Waals surface area contributed by atoms with Crippen molar-refractivity contribution < 1.29 is 10.3 Å². The van der Waals surface area contributed by atoms with Gasteiger partial charge in [-0.3, -0.25) is 9.78 Å². The number of amides is 1. The van der Waals surface area contributed by atoms with E-state index < -0.39 is 0 Å². The van der Waals surface area contributed by atoms with Crippen molar-refractivity contribution in [2.24, 2.45) is 5.73 Å². The maximum absolute atomic E-state index is 11.9. The number of carbonyl (C=O) groups excluding carboxylic acids is 1. The first-order valence-corrected chi connectivity index (χ1v) is 5.74. The minimum Gasteiger partial charge on any atom is -0.412 e. The highest BCUT2D eigenvalue weighted by Crippen LogP contribution is 2.12. The maximum Gasteiger partial charge on any atom is 0.255 e. The van der Waals surface area contributed by atoms with Crippen LogP contribution in [-0.4, -0.2) is 16.4 Å². The Kier molecular flexibility index (Phi) is 10.4. The number of nitrogens with one attached hydrogen (secondary N) is 1. The van der Waals surface area contributed by atoms with Crippen LogP contribution in [0.2, 0.25) is 0 Å². The van der Waals surface area contributed by atoms with E-state index in [9.17, 15) is 4.79 Å². The van der Waals surface area contributed by atoms with Gasteiger partial charge in [-0.1, -0.05) is 12.1 Å². The van der Waals surface area contributed by atoms with Crippen LogP contribution in [0.1, 0.15) is 28.9 Å². The number of nitrogens with zero attached hydrogens (tertiary/aromatic N) is 1. The molecule has 0 saturated carbocycles. The third kappa shape index (κ3) is 6.10. The summed E-state index contributed by atoms with van der Waals surface area (Å²) in [6.07, 6.45) is 3.27. The number of pyridine rings is 1. The van der Waals surface area contributed by atoms with Crippen molar-refractivity contribution in [2.45, 2.75) is 13.0 Å². The quantitative estimate of drug-likeness (QED) is 0.902. The van der Waals surface area contributed by atoms with Crippen LogP contribution in [0.25, 0.3) is 0 Å². The van der Waals surface area contributed by atoms with Gasteiger partial charge in [-0.2, -0.15) is 0 Å². The number of hydrogen-bond acceptors (Lipinski definition) is 3. The molecule has 2 aromatic rings. The number of anilines is 1. The molecule has 1 heterocycles. The number of hydrogen-bond donors (Lipinski definition) is 2. The number of nitrogens with two attached hydrogens (primary N) is 1. The molecule has 1 aromatic heterocycles. The number of rotatable bonds is 3. The van der Waals surface area contributed by atoms with Crippen molar-refractivity contribution in [3.05, 3.63) is 59.9 Å². The van der Waals surface area contributed by atoms with Crippen LogP contribution >= 0.6 is 24.8 Å². The SMILES string of the molecule is C[C@@H](N)c1ccc(C(=O)Nc2ccncc2)cc1.Cl.Cl.O. The fourth-order valence-electron chi connectivity index (χ4n) is 1.58. The Hall–Kier alpha value is -1.66. The first-order chi connectivity index (χ1) is 8.66. The van der Waals surface area contributed by atoms with E-state index in [2.05, 4.69) is 10.3 Å². The molecule has 5 nitrogen and oxygen atoms in total. The summed E-state index contributed by atoms with van der Waals surface area (Å²) in [7, 11) is 0. The van der Waals surface area contributed by atoms with Gasteiger partial charge in [0, 0.05) is 29.7 Å². The van der Waals surface area contributed by atoms with Gasteiger partial charge in [0.05, 0.1) is 0 Å². The number of halogens is 2. The molecule has 0 saturated heterocycles. The highest BCUT2D eigenvalue weighted by atomic mass is 35.5. The molecule has 0 spiro atoms. The standard InChI is InChI=1S/C14H15N3O.2ClH.H2O/c1-10(15)11-2-4-12(5-3-11)14(18)17-13-6-8-16-9-7-13;;;/h2-10H,15H2,1H3,(H,16,17,18);2*1H;1H2/t10-;;;/m1.../s1. The molecule has 1 amide bonds. The van der Waals surface area contributed by atoms with Crippen LogP contribution in [0.5, 0.6) is 0 Å². The Morgan fingerprint density at radius 1 is 1.10 bits per heavy atom. The van der Waals surface area contributed by atoms with Crippen molar-refractivity contribution in [3.8, 4) is 0 Å². The van der Waals surface area contributed by atoms with Crippen LogP contribution in [0.4, 0.5) is 5.69 Å². The fourth-order valence-corrected chi connectivity index (χ4v) is 1.58. The summed E-state index contributed by atoms with van der Waals surface area (Å²) in [6, 6.07) is 10.7. The molecule has 5 N–H and O–H groups in total. The summed E-state index contributed by atoms with van der Waals surface area (Å²) in [5, 5.41) is 2.80. The Morgan fingerprint density at radius 3 is 2.10 bits per heavy atom. The molecule has 0 aliphatic carbocycles. The zero-order chi connectivity index (χ0) is 13.0. The van der Waals surface area contributed by atoms with Gasteiger partial charge in [0.25, 0.3) is 5.91 Å². The third-order valence-electron chi connectivity index (χ3n) is 2.64. The first kappa shape index (κ1) is 21.6. The van der Waals surface area contributed by atoms with Gasteiger partial charge in [0.1, 0.15) is 0 Å². The summed E-state index contributed by atoms with van der Waals surface area (Å²) >= 11 is 0. The number of benzene rings is 1. The lowest BCUT2D eigenvalue weighted by Crippen LogP contribution is -2.12. The average molecular weight is 332 g/mol. The highest BCUT2D eigenvalue weighted by Gasteiger charge is 2.06. The summed E-state index contributed by atoms with van der Waals surface area (Å²) in [4.78, 5) is 15.8. The molecule has 7 heteroatoms. The van der Waals surface area contributed by atoms with Crippen molar-refractivity contribution in [2.75, 3.05) is 5.32 Å². The predicted octanol–water partition coefficient (Wildman–Crippen LogP) is 2.37. The van der Waals surface area contributed by atoms with E-state index in [1.54, 1.807) is 36.7 Å². The van der Waals surface area contributed by atoms with Crippen LogP contribution < -0.4 is 11.1 Å². The van der Waals surface area contributed by atoms with E-state index in [4.69, 9.17) is 5.73 Å². The molecule has 0 radical (unpaired) electrons. The lowest BCUT2D eigenvalue weighted by Gasteiger charge is -2.07. The predicted molar refractivity (Wildman–Crippen MR) is 89.3 cm³/mol. The molecule has 0 unspecified atom stereocenters. The van der Waals surface area contributed by atoms with Gasteiger partial charge in [-0.05, 0) is 36.8 Å². The van der Waals surface area contributed by atoms with Crippen molar-refractivity contribution in [3.63, 3.8) is 0 Å². The van der Waals surface area contributed by atoms with Crippen LogP contribution in [0.3, 0.4) is 0 Å². The molecule has 21 heavy (non-hydrogen) atoms. The van der Waals surface area contributed by atoms with E-state index in [0.29, 0.717) is 5.56 Å². The van der Waals surface area contributed by atoms with E-state index in [1.165, 1.54) is 0 Å². The second kappa shape index (κ2) is 10.1. The van der Waals surface area contributed by atoms with E-state index in [1.807, 2.05) is 19.1 Å². The first-order valence-electron chi connectivity index (χ1n) is 5.74. The van der Waals surface area contributed by atoms with Crippen LogP contribution in [0.15, 0.2) is 48.8 Å². The van der Waals surface area contributed by atoms with Gasteiger partial charge in [-0.15, -0.1) is 24.8 Å². The normalized spacial score (nSPS) is 10.2. The largest absolute Gasteiger partial charge is 0.412 e. The third-order valence-corrected chi connectivity index (χ3v) is 2.64. The van der Waals surface area contributed by atoms with Gasteiger partial charge < -0.3 is 16.5 Å². The lowest BCUT2D eigenvalue weighted by molar-refractivity contribution is 0.102. The van der Waals surface area contributed by atoms with Crippen LogP contribution in [-0.2, 0) is 0 Å². The summed E-state index contributed by atoms with van der Waals surface area (Å²) in [5.74, 6) is -0.141. The van der Waals surface area contributed by atoms with Gasteiger partial charge >= 0.3 is 0 Å². The average Bonchev–Trinajstić information content (AvgIpc) is 2.40. The van der Waals surface area contributed by atoms with Gasteiger partial charge in [0.15, 0.2) is 0 Å². The molecule has 1 atom stereocenters. The molecule has 0 fully saturated rings. The Bertz CT molecular complexity index is 534. The van der Waals surface area contributed by atoms with Crippen molar-refractivity contribution >= 4 is 36.4 Å². The molecule has 0 aliphatic rings. The topological polar surface area (TPSA) is 99.5 Å². The number of aromatic nitrogens is 1. The van der Waals surface area contributed by atoms with E-state index in [-0.39, 0.29) is 42.2 Å². The van der Waals surface area contributed by atoms with Gasteiger partial charge in [-0.25, -0.2) is 0 Å². The molecule has 1 aromatic carbocycles. The number of carbonyl (C=O) groups is 1. The molecule has 0 bridgehead atoms. The Labute approximate surface area is 136 Å². The van der Waals surface area contributed by atoms with E-state index >= 15 is 0 Å². The summed E-state index contributed by atoms with van der Waals surface area (Å²) in [6.45, 7) is 1.91. The Morgan fingerprint density at radius 2 is 1.62 bits per heavy atom. The second-order valence-corrected chi connectivity index (χ2v) is 4.10. The zero-order valence-corrected chi connectivity index (χ0v) is 13.1. The minimum absolute atomic E-state index is 0. The van der Waals surface area contributed by atoms with Crippen molar-refractivity contribution in [1.82, 2.24) is 4.98 Å². The molecule has 2 rings (SSSR count). The highest BCUT2D eigenvalue weighted by molar-refractivity contribution is 6.04. The van der Waals surface area contributed by atoms with E-state index in [0.717, 1.165) is 11.3 Å². The smallest absolute Gasteiger partial charge is 0.255 e. The minimum atomic E-state index is -0.141. The van der Waals surface area contributed by atoms with Crippen LogP contribution in [0, 0.1) is 0 Å². The Balaban J connectivity index is 0. The maximum atomic E-state index is 11.9. The van der Waals surface area contributed by atoms with Gasteiger partial charge in [0.2, 0.25) is 0 Å². The molecule has 116 valence electrons. The molecular weight excluding hydrogens is 313 g/mol. The fraction of sp³-hybridized carbons (Fsp3) is 0.143. The summed E-state index contributed by atoms with van der Waals surface area (Å²) in [5.41, 5.74) is 8.10. The second-order valence-electron chi connectivity index (χ2n) is 4.10. The zero-order valence-electron chi connectivity index (χ0n) is 11.4. The van der Waals surface area contributed by atoms with Crippen molar-refractivity contribution in [1.29, 1.82) is 0 Å². The molecule has 0 aliphatic heterocycles. The summed E-state index contributed by atoms with van der Waals surface area (Å²) < 4.78 is 0. The molecular formula is C14H19Cl2N3O2. The lowest BCUT2D eigenvalue weighted by atomic mass is 10.1.